The lowest BCUT2D eigenvalue weighted by molar-refractivity contribution is -0.136. The molecular formula is C18H31N3O2. The third kappa shape index (κ3) is 4.06. The van der Waals surface area contributed by atoms with E-state index in [1.807, 2.05) is 23.6 Å². The number of carbonyl (C=O) groups excluding carboxylic acids is 2. The van der Waals surface area contributed by atoms with Crippen molar-refractivity contribution < 1.29 is 9.59 Å². The van der Waals surface area contributed by atoms with Crippen LogP contribution in [0.3, 0.4) is 0 Å². The molecule has 3 saturated heterocycles. The molecule has 2 atom stereocenters. The second kappa shape index (κ2) is 7.20. The van der Waals surface area contributed by atoms with Gasteiger partial charge >= 0.3 is 0 Å². The number of fused-ring (bicyclic) bond motifs is 2. The number of rotatable bonds is 3. The highest BCUT2D eigenvalue weighted by Crippen LogP contribution is 2.33. The van der Waals surface area contributed by atoms with Crippen molar-refractivity contribution in [3.63, 3.8) is 0 Å². The molecule has 130 valence electrons. The summed E-state index contributed by atoms with van der Waals surface area (Å²) >= 11 is 0. The van der Waals surface area contributed by atoms with Gasteiger partial charge in [-0.25, -0.2) is 0 Å². The Balaban J connectivity index is 1.49. The Morgan fingerprint density at radius 1 is 1.00 bits per heavy atom. The van der Waals surface area contributed by atoms with Gasteiger partial charge in [0.05, 0.1) is 0 Å². The van der Waals surface area contributed by atoms with E-state index in [2.05, 4.69) is 5.32 Å². The van der Waals surface area contributed by atoms with Gasteiger partial charge in [0.1, 0.15) is 0 Å². The highest BCUT2D eigenvalue weighted by atomic mass is 16.2. The zero-order valence-corrected chi connectivity index (χ0v) is 14.6. The van der Waals surface area contributed by atoms with Gasteiger partial charge in [-0.2, -0.15) is 0 Å². The van der Waals surface area contributed by atoms with E-state index < -0.39 is 0 Å². The zero-order chi connectivity index (χ0) is 16.4. The molecule has 3 fully saturated rings. The summed E-state index contributed by atoms with van der Waals surface area (Å²) in [5.41, 5.74) is 0. The van der Waals surface area contributed by atoms with E-state index in [-0.39, 0.29) is 11.8 Å². The molecule has 5 heteroatoms. The Bertz CT molecular complexity index is 440. The summed E-state index contributed by atoms with van der Waals surface area (Å²) in [6, 6.07) is 1.30. The first kappa shape index (κ1) is 16.7. The standard InChI is InChI=1S/C18H31N3O2/c1-13(2)18(23)21-7-3-6-20(8-9-21)17(22)12-14-10-15-4-5-16(11-14)19-15/h13-16,19H,3-12H2,1-2H3. The number of nitrogens with one attached hydrogen (secondary N) is 1. The van der Waals surface area contributed by atoms with Gasteiger partial charge < -0.3 is 15.1 Å². The summed E-state index contributed by atoms with van der Waals surface area (Å²) in [4.78, 5) is 28.7. The quantitative estimate of drug-likeness (QED) is 0.859. The third-order valence-corrected chi connectivity index (χ3v) is 5.69. The Hall–Kier alpha value is -1.10. The van der Waals surface area contributed by atoms with Crippen LogP contribution in [-0.4, -0.2) is 59.9 Å². The molecule has 5 nitrogen and oxygen atoms in total. The predicted molar refractivity (Wildman–Crippen MR) is 89.9 cm³/mol. The van der Waals surface area contributed by atoms with E-state index in [1.165, 1.54) is 12.8 Å². The van der Waals surface area contributed by atoms with Gasteiger partial charge in [-0.3, -0.25) is 9.59 Å². The predicted octanol–water partition coefficient (Wildman–Crippen LogP) is 1.62. The fraction of sp³-hybridized carbons (Fsp3) is 0.889. The van der Waals surface area contributed by atoms with Crippen molar-refractivity contribution in [2.24, 2.45) is 11.8 Å². The molecule has 0 aliphatic carbocycles. The second-order valence-electron chi connectivity index (χ2n) is 7.89. The Kier molecular flexibility index (Phi) is 5.24. The van der Waals surface area contributed by atoms with Gasteiger partial charge in [0.15, 0.2) is 0 Å². The van der Waals surface area contributed by atoms with Crippen LogP contribution in [0.25, 0.3) is 0 Å². The fourth-order valence-corrected chi connectivity index (χ4v) is 4.47. The maximum absolute atomic E-state index is 12.7. The molecule has 23 heavy (non-hydrogen) atoms. The van der Waals surface area contributed by atoms with Gasteiger partial charge in [0.2, 0.25) is 11.8 Å². The van der Waals surface area contributed by atoms with Crippen LogP contribution in [0.2, 0.25) is 0 Å². The summed E-state index contributed by atoms with van der Waals surface area (Å²) in [7, 11) is 0. The van der Waals surface area contributed by atoms with Crippen LogP contribution in [0, 0.1) is 11.8 Å². The van der Waals surface area contributed by atoms with E-state index >= 15 is 0 Å². The Labute approximate surface area is 139 Å². The highest BCUT2D eigenvalue weighted by Gasteiger charge is 2.35. The van der Waals surface area contributed by atoms with Gasteiger partial charge in [0.25, 0.3) is 0 Å². The SMILES string of the molecule is CC(C)C(=O)N1CCCN(C(=O)CC2CC3CCC(C2)N3)CC1. The molecule has 0 radical (unpaired) electrons. The van der Waals surface area contributed by atoms with Crippen molar-refractivity contribution >= 4 is 11.8 Å². The average Bonchev–Trinajstić information content (AvgIpc) is 2.74. The van der Waals surface area contributed by atoms with Crippen LogP contribution in [0.15, 0.2) is 0 Å². The Morgan fingerprint density at radius 3 is 2.26 bits per heavy atom. The molecule has 0 spiro atoms. The first-order valence-electron chi connectivity index (χ1n) is 9.35. The van der Waals surface area contributed by atoms with E-state index in [9.17, 15) is 9.59 Å². The minimum atomic E-state index is 0.0439. The number of nitrogens with zero attached hydrogens (tertiary/aromatic N) is 2. The summed E-state index contributed by atoms with van der Waals surface area (Å²) in [5.74, 6) is 1.12. The van der Waals surface area contributed by atoms with Crippen LogP contribution >= 0.6 is 0 Å². The maximum atomic E-state index is 12.7. The summed E-state index contributed by atoms with van der Waals surface area (Å²) in [5, 5.41) is 3.64. The largest absolute Gasteiger partial charge is 0.341 e. The van der Waals surface area contributed by atoms with E-state index in [0.717, 1.165) is 32.4 Å². The number of carbonyl (C=O) groups is 2. The van der Waals surface area contributed by atoms with Crippen molar-refractivity contribution in [2.75, 3.05) is 26.2 Å². The molecule has 0 aromatic heterocycles. The molecule has 0 saturated carbocycles. The van der Waals surface area contributed by atoms with Crippen molar-refractivity contribution in [2.45, 2.75) is 64.5 Å². The fourth-order valence-electron chi connectivity index (χ4n) is 4.47. The second-order valence-corrected chi connectivity index (χ2v) is 7.89. The van der Waals surface area contributed by atoms with Crippen LogP contribution in [0.5, 0.6) is 0 Å². The molecule has 3 rings (SSSR count). The van der Waals surface area contributed by atoms with Crippen LogP contribution in [0.1, 0.15) is 52.4 Å². The van der Waals surface area contributed by atoms with E-state index in [4.69, 9.17) is 0 Å². The molecule has 0 aromatic rings. The number of hydrogen-bond acceptors (Lipinski definition) is 3. The van der Waals surface area contributed by atoms with Crippen molar-refractivity contribution in [3.05, 3.63) is 0 Å². The molecule has 3 aliphatic rings. The Morgan fingerprint density at radius 2 is 1.61 bits per heavy atom. The summed E-state index contributed by atoms with van der Waals surface area (Å²) < 4.78 is 0. The monoisotopic (exact) mass is 321 g/mol. The van der Waals surface area contributed by atoms with Gasteiger partial charge in [-0.05, 0) is 38.0 Å². The number of amides is 2. The number of hydrogen-bond donors (Lipinski definition) is 1. The molecule has 2 unspecified atom stereocenters. The third-order valence-electron chi connectivity index (χ3n) is 5.69. The molecule has 2 bridgehead atoms. The van der Waals surface area contributed by atoms with Crippen LogP contribution in [-0.2, 0) is 9.59 Å². The summed E-state index contributed by atoms with van der Waals surface area (Å²) in [6.45, 7) is 6.88. The zero-order valence-electron chi connectivity index (χ0n) is 14.6. The molecular weight excluding hydrogens is 290 g/mol. The normalized spacial score (nSPS) is 31.3. The molecule has 3 aliphatic heterocycles. The highest BCUT2D eigenvalue weighted by molar-refractivity contribution is 5.79. The van der Waals surface area contributed by atoms with E-state index in [0.29, 0.717) is 43.4 Å². The van der Waals surface area contributed by atoms with Gasteiger partial charge in [-0.1, -0.05) is 13.8 Å². The first-order chi connectivity index (χ1) is 11.0. The lowest BCUT2D eigenvalue weighted by Gasteiger charge is -2.30. The maximum Gasteiger partial charge on any atom is 0.225 e. The molecule has 1 N–H and O–H groups in total. The minimum absolute atomic E-state index is 0.0439. The van der Waals surface area contributed by atoms with Crippen LogP contribution < -0.4 is 5.32 Å². The summed E-state index contributed by atoms with van der Waals surface area (Å²) in [6.07, 6.45) is 6.49. The molecule has 2 amide bonds. The van der Waals surface area contributed by atoms with Crippen LogP contribution in [0.4, 0.5) is 0 Å². The van der Waals surface area contributed by atoms with Crippen molar-refractivity contribution in [1.82, 2.24) is 15.1 Å². The van der Waals surface area contributed by atoms with Gasteiger partial charge in [0, 0.05) is 50.6 Å². The smallest absolute Gasteiger partial charge is 0.225 e. The van der Waals surface area contributed by atoms with E-state index in [1.54, 1.807) is 0 Å². The topological polar surface area (TPSA) is 52.7 Å². The average molecular weight is 321 g/mol. The first-order valence-corrected chi connectivity index (χ1v) is 9.35. The number of piperidine rings is 1. The lowest BCUT2D eigenvalue weighted by Crippen LogP contribution is -2.42. The van der Waals surface area contributed by atoms with Crippen molar-refractivity contribution in [3.8, 4) is 0 Å². The minimum Gasteiger partial charge on any atom is -0.341 e. The van der Waals surface area contributed by atoms with Gasteiger partial charge in [-0.15, -0.1) is 0 Å². The lowest BCUT2D eigenvalue weighted by atomic mass is 9.89. The molecule has 3 heterocycles. The van der Waals surface area contributed by atoms with Crippen molar-refractivity contribution in [1.29, 1.82) is 0 Å². The molecule has 0 aromatic carbocycles.